The summed E-state index contributed by atoms with van der Waals surface area (Å²) in [5, 5.41) is 9.11. The van der Waals surface area contributed by atoms with Crippen LogP contribution >= 0.6 is 11.8 Å². The second kappa shape index (κ2) is 5.53. The van der Waals surface area contributed by atoms with E-state index in [0.29, 0.717) is 5.91 Å². The van der Waals surface area contributed by atoms with Gasteiger partial charge >= 0.3 is 0 Å². The molecule has 0 radical (unpaired) electrons. The molecule has 0 bridgehead atoms. The van der Waals surface area contributed by atoms with E-state index in [9.17, 15) is 4.79 Å². The Labute approximate surface area is 106 Å². The van der Waals surface area contributed by atoms with E-state index in [1.807, 2.05) is 18.1 Å². The zero-order valence-corrected chi connectivity index (χ0v) is 11.2. The molecule has 1 saturated heterocycles. The quantitative estimate of drug-likeness (QED) is 0.744. The molecule has 1 amide bonds. The standard InChI is InChI=1S/C11H18N4OS/c1-9-12-13-11(17-2)15(9)8-4-7-14-6-3-5-10(14)16/h3-8H2,1-2H3. The molecule has 2 heterocycles. The fourth-order valence-electron chi connectivity index (χ4n) is 2.13. The van der Waals surface area contributed by atoms with E-state index in [4.69, 9.17) is 0 Å². The second-order valence-electron chi connectivity index (χ2n) is 4.22. The first kappa shape index (κ1) is 12.4. The van der Waals surface area contributed by atoms with Crippen molar-refractivity contribution >= 4 is 17.7 Å². The van der Waals surface area contributed by atoms with E-state index < -0.39 is 0 Å². The van der Waals surface area contributed by atoms with E-state index >= 15 is 0 Å². The van der Waals surface area contributed by atoms with Crippen molar-refractivity contribution in [3.63, 3.8) is 0 Å². The summed E-state index contributed by atoms with van der Waals surface area (Å²) in [5.74, 6) is 1.25. The van der Waals surface area contributed by atoms with E-state index in [-0.39, 0.29) is 0 Å². The minimum Gasteiger partial charge on any atom is -0.343 e. The summed E-state index contributed by atoms with van der Waals surface area (Å²) >= 11 is 1.61. The molecular weight excluding hydrogens is 236 g/mol. The van der Waals surface area contributed by atoms with Gasteiger partial charge in [-0.05, 0) is 26.0 Å². The van der Waals surface area contributed by atoms with Crippen LogP contribution in [0.25, 0.3) is 0 Å². The Morgan fingerprint density at radius 3 is 2.82 bits per heavy atom. The van der Waals surface area contributed by atoms with Crippen molar-refractivity contribution in [2.45, 2.75) is 37.9 Å². The maximum atomic E-state index is 11.4. The lowest BCUT2D eigenvalue weighted by Crippen LogP contribution is -2.26. The summed E-state index contributed by atoms with van der Waals surface area (Å²) in [5.41, 5.74) is 0. The van der Waals surface area contributed by atoms with Crippen LogP contribution in [0.5, 0.6) is 0 Å². The molecule has 1 aliphatic rings. The highest BCUT2D eigenvalue weighted by molar-refractivity contribution is 7.98. The Kier molecular flexibility index (Phi) is 4.04. The Balaban J connectivity index is 1.85. The van der Waals surface area contributed by atoms with Crippen LogP contribution in [-0.4, -0.2) is 44.9 Å². The van der Waals surface area contributed by atoms with Gasteiger partial charge in [0, 0.05) is 26.1 Å². The largest absolute Gasteiger partial charge is 0.343 e. The summed E-state index contributed by atoms with van der Waals surface area (Å²) in [7, 11) is 0. The first-order valence-electron chi connectivity index (χ1n) is 5.94. The second-order valence-corrected chi connectivity index (χ2v) is 5.00. The third-order valence-electron chi connectivity index (χ3n) is 3.07. The predicted octanol–water partition coefficient (Wildman–Crippen LogP) is 1.32. The van der Waals surface area contributed by atoms with Crippen molar-refractivity contribution in [3.05, 3.63) is 5.82 Å². The zero-order valence-electron chi connectivity index (χ0n) is 10.3. The summed E-state index contributed by atoms with van der Waals surface area (Å²) in [6, 6.07) is 0. The molecule has 17 heavy (non-hydrogen) atoms. The number of rotatable bonds is 5. The number of hydrogen-bond donors (Lipinski definition) is 0. The van der Waals surface area contributed by atoms with Crippen molar-refractivity contribution in [2.24, 2.45) is 0 Å². The monoisotopic (exact) mass is 254 g/mol. The first-order chi connectivity index (χ1) is 8.22. The molecule has 0 aliphatic carbocycles. The lowest BCUT2D eigenvalue weighted by molar-refractivity contribution is -0.127. The topological polar surface area (TPSA) is 51.0 Å². The van der Waals surface area contributed by atoms with Crippen LogP contribution in [0.1, 0.15) is 25.1 Å². The van der Waals surface area contributed by atoms with Crippen molar-refractivity contribution < 1.29 is 4.79 Å². The Bertz CT molecular complexity index is 404. The predicted molar refractivity (Wildman–Crippen MR) is 67.0 cm³/mol. The van der Waals surface area contributed by atoms with Crippen molar-refractivity contribution in [1.29, 1.82) is 0 Å². The number of carbonyl (C=O) groups excluding carboxylic acids is 1. The number of hydrogen-bond acceptors (Lipinski definition) is 4. The lowest BCUT2D eigenvalue weighted by Gasteiger charge is -2.15. The SMILES string of the molecule is CSc1nnc(C)n1CCCN1CCCC1=O. The van der Waals surface area contributed by atoms with Crippen molar-refractivity contribution in [1.82, 2.24) is 19.7 Å². The fourth-order valence-corrected chi connectivity index (χ4v) is 2.70. The Morgan fingerprint density at radius 2 is 2.18 bits per heavy atom. The molecule has 0 aromatic carbocycles. The highest BCUT2D eigenvalue weighted by Gasteiger charge is 2.19. The van der Waals surface area contributed by atoms with Crippen LogP contribution < -0.4 is 0 Å². The third-order valence-corrected chi connectivity index (χ3v) is 3.73. The Morgan fingerprint density at radius 1 is 1.35 bits per heavy atom. The molecule has 0 spiro atoms. The van der Waals surface area contributed by atoms with Gasteiger partial charge in [0.25, 0.3) is 0 Å². The molecule has 1 aliphatic heterocycles. The van der Waals surface area contributed by atoms with Gasteiger partial charge in [-0.15, -0.1) is 10.2 Å². The van der Waals surface area contributed by atoms with Gasteiger partial charge in [-0.3, -0.25) is 4.79 Å². The normalized spacial score (nSPS) is 15.9. The van der Waals surface area contributed by atoms with Crippen molar-refractivity contribution in [3.8, 4) is 0 Å². The number of amides is 1. The number of likely N-dealkylation sites (tertiary alicyclic amines) is 1. The molecule has 0 saturated carbocycles. The zero-order chi connectivity index (χ0) is 12.3. The van der Waals surface area contributed by atoms with Gasteiger partial charge < -0.3 is 9.47 Å². The maximum Gasteiger partial charge on any atom is 0.222 e. The first-order valence-corrected chi connectivity index (χ1v) is 7.16. The van der Waals surface area contributed by atoms with Gasteiger partial charge in [0.2, 0.25) is 5.91 Å². The number of aromatic nitrogens is 3. The van der Waals surface area contributed by atoms with Crippen LogP contribution in [-0.2, 0) is 11.3 Å². The molecule has 94 valence electrons. The van der Waals surface area contributed by atoms with Gasteiger partial charge in [0.1, 0.15) is 5.82 Å². The van der Waals surface area contributed by atoms with Gasteiger partial charge in [0.05, 0.1) is 0 Å². The summed E-state index contributed by atoms with van der Waals surface area (Å²) in [6.45, 7) is 4.63. The average molecular weight is 254 g/mol. The van der Waals surface area contributed by atoms with Crippen LogP contribution in [0.15, 0.2) is 5.16 Å². The summed E-state index contributed by atoms with van der Waals surface area (Å²) < 4.78 is 2.12. The maximum absolute atomic E-state index is 11.4. The van der Waals surface area contributed by atoms with Gasteiger partial charge in [-0.1, -0.05) is 11.8 Å². The van der Waals surface area contributed by atoms with Crippen LogP contribution in [0.4, 0.5) is 0 Å². The molecule has 1 aromatic heterocycles. The van der Waals surface area contributed by atoms with E-state index in [0.717, 1.165) is 49.9 Å². The molecule has 2 rings (SSSR count). The van der Waals surface area contributed by atoms with Gasteiger partial charge in [0.15, 0.2) is 5.16 Å². The lowest BCUT2D eigenvalue weighted by atomic mass is 10.4. The minimum absolute atomic E-state index is 0.301. The minimum atomic E-state index is 0.301. The van der Waals surface area contributed by atoms with Gasteiger partial charge in [-0.25, -0.2) is 0 Å². The molecule has 6 heteroatoms. The average Bonchev–Trinajstić information content (AvgIpc) is 2.87. The molecule has 0 atom stereocenters. The highest BCUT2D eigenvalue weighted by atomic mass is 32.2. The highest BCUT2D eigenvalue weighted by Crippen LogP contribution is 2.15. The number of aryl methyl sites for hydroxylation is 1. The fraction of sp³-hybridized carbons (Fsp3) is 0.727. The number of carbonyl (C=O) groups is 1. The summed E-state index contributed by atoms with van der Waals surface area (Å²) in [6.07, 6.45) is 4.71. The molecule has 5 nitrogen and oxygen atoms in total. The van der Waals surface area contributed by atoms with E-state index in [2.05, 4.69) is 14.8 Å². The van der Waals surface area contributed by atoms with Crippen LogP contribution in [0.3, 0.4) is 0 Å². The number of thioether (sulfide) groups is 1. The van der Waals surface area contributed by atoms with Crippen LogP contribution in [0.2, 0.25) is 0 Å². The van der Waals surface area contributed by atoms with E-state index in [1.54, 1.807) is 11.8 Å². The summed E-state index contributed by atoms with van der Waals surface area (Å²) in [4.78, 5) is 13.4. The molecule has 1 fully saturated rings. The Hall–Kier alpha value is -1.04. The van der Waals surface area contributed by atoms with E-state index in [1.165, 1.54) is 0 Å². The van der Waals surface area contributed by atoms with Crippen LogP contribution in [0, 0.1) is 6.92 Å². The number of nitrogens with zero attached hydrogens (tertiary/aromatic N) is 4. The van der Waals surface area contributed by atoms with Crippen molar-refractivity contribution in [2.75, 3.05) is 19.3 Å². The molecule has 1 aromatic rings. The van der Waals surface area contributed by atoms with Gasteiger partial charge in [-0.2, -0.15) is 0 Å². The molecular formula is C11H18N4OS. The molecule has 0 unspecified atom stereocenters. The smallest absolute Gasteiger partial charge is 0.222 e. The third kappa shape index (κ3) is 2.80. The molecule has 0 N–H and O–H groups in total.